The van der Waals surface area contributed by atoms with Gasteiger partial charge in [-0.2, -0.15) is 0 Å². The molecule has 1 heterocycles. The minimum absolute atomic E-state index is 0.531. The Labute approximate surface area is 342 Å². The zero-order chi connectivity index (χ0) is 38.9. The van der Waals surface area contributed by atoms with Crippen molar-refractivity contribution in [1.82, 2.24) is 0 Å². The number of benzene rings is 10. The molecule has 0 saturated carbocycles. The Morgan fingerprint density at radius 2 is 1.00 bits per heavy atom. The number of nitrogens with zero attached hydrogens (tertiary/aromatic N) is 1. The van der Waals surface area contributed by atoms with Gasteiger partial charge in [0.05, 0.1) is 22.2 Å². The molecule has 0 radical (unpaired) electrons. The van der Waals surface area contributed by atoms with Gasteiger partial charge in [0.15, 0.2) is 0 Å². The largest absolute Gasteiger partial charge is 0.455 e. The smallest absolute Gasteiger partial charge is 0.145 e. The van der Waals surface area contributed by atoms with Crippen LogP contribution in [0.5, 0.6) is 0 Å². The van der Waals surface area contributed by atoms with E-state index in [1.807, 2.05) is 0 Å². The predicted molar refractivity (Wildman–Crippen MR) is 246 cm³/mol. The van der Waals surface area contributed by atoms with Crippen LogP contribution in [0.15, 0.2) is 229 Å². The summed E-state index contributed by atoms with van der Waals surface area (Å²) in [7, 11) is 0. The maximum Gasteiger partial charge on any atom is 0.145 e. The molecule has 0 fully saturated rings. The first-order valence-corrected chi connectivity index (χ1v) is 20.3. The molecule has 0 unspecified atom stereocenters. The van der Waals surface area contributed by atoms with Gasteiger partial charge >= 0.3 is 0 Å². The highest BCUT2D eigenvalue weighted by Gasteiger charge is 2.47. The zero-order valence-corrected chi connectivity index (χ0v) is 32.2. The summed E-state index contributed by atoms with van der Waals surface area (Å²) >= 11 is 0. The number of hydrogen-bond acceptors (Lipinski definition) is 2. The first kappa shape index (κ1) is 33.5. The normalized spacial score (nSPS) is 12.9. The summed E-state index contributed by atoms with van der Waals surface area (Å²) in [5, 5.41) is 6.90. The summed E-state index contributed by atoms with van der Waals surface area (Å²) in [6.07, 6.45) is 0. The molecular weight excluding hydrogens is 715 g/mol. The van der Waals surface area contributed by atoms with E-state index in [0.717, 1.165) is 49.8 Å². The van der Waals surface area contributed by atoms with Crippen molar-refractivity contribution < 1.29 is 4.42 Å². The summed E-state index contributed by atoms with van der Waals surface area (Å²) in [6, 6.07) is 81.9. The van der Waals surface area contributed by atoms with Gasteiger partial charge < -0.3 is 9.32 Å². The van der Waals surface area contributed by atoms with Gasteiger partial charge in [-0.25, -0.2) is 0 Å². The van der Waals surface area contributed by atoms with Gasteiger partial charge in [-0.15, -0.1) is 0 Å². The second-order valence-corrected chi connectivity index (χ2v) is 15.6. The van der Waals surface area contributed by atoms with Gasteiger partial charge in [0.1, 0.15) is 11.2 Å². The van der Waals surface area contributed by atoms with Crippen molar-refractivity contribution in [3.63, 3.8) is 0 Å². The van der Waals surface area contributed by atoms with E-state index in [0.29, 0.717) is 0 Å². The number of para-hydroxylation sites is 1. The van der Waals surface area contributed by atoms with Crippen LogP contribution in [0.25, 0.3) is 65.7 Å². The predicted octanol–water partition coefficient (Wildman–Crippen LogP) is 15.4. The number of rotatable bonds is 6. The van der Waals surface area contributed by atoms with Crippen LogP contribution in [0.3, 0.4) is 0 Å². The molecule has 1 aliphatic rings. The standard InChI is InChI=1S/C57H37NO/c1-3-19-43(20-4-1)57(44-21-5-2-6-22-44)49-26-13-11-24-47(49)54-50(57)27-15-28-51(54)58(45-34-32-39(33-35-45)41-31-30-38-16-7-8-17-40(38)36-41)52-37-42-18-9-10-23-46(42)56-55(52)48-25-12-14-29-53(48)59-56/h1-37H. The van der Waals surface area contributed by atoms with Crippen LogP contribution < -0.4 is 4.90 Å². The lowest BCUT2D eigenvalue weighted by molar-refractivity contribution is 0.672. The van der Waals surface area contributed by atoms with Crippen molar-refractivity contribution in [1.29, 1.82) is 0 Å². The summed E-state index contributed by atoms with van der Waals surface area (Å²) in [5.41, 5.74) is 14.4. The second kappa shape index (κ2) is 13.2. The molecule has 0 atom stereocenters. The number of anilines is 3. The third-order valence-corrected chi connectivity index (χ3v) is 12.5. The maximum absolute atomic E-state index is 6.81. The number of furan rings is 1. The third-order valence-electron chi connectivity index (χ3n) is 12.5. The maximum atomic E-state index is 6.81. The molecule has 12 rings (SSSR count). The van der Waals surface area contributed by atoms with Crippen LogP contribution in [0.4, 0.5) is 17.1 Å². The van der Waals surface area contributed by atoms with Crippen molar-refractivity contribution in [3.8, 4) is 22.3 Å². The minimum atomic E-state index is -0.531. The van der Waals surface area contributed by atoms with E-state index in [1.54, 1.807) is 0 Å². The Balaban J connectivity index is 1.17. The topological polar surface area (TPSA) is 16.4 Å². The van der Waals surface area contributed by atoms with Gasteiger partial charge in [-0.3, -0.25) is 0 Å². The molecule has 1 aliphatic carbocycles. The van der Waals surface area contributed by atoms with Gasteiger partial charge in [-0.05, 0) is 91.5 Å². The molecule has 0 spiro atoms. The monoisotopic (exact) mass is 751 g/mol. The fourth-order valence-electron chi connectivity index (χ4n) is 9.95. The van der Waals surface area contributed by atoms with Crippen LogP contribution in [0.1, 0.15) is 22.3 Å². The van der Waals surface area contributed by atoms with Crippen LogP contribution in [0.2, 0.25) is 0 Å². The molecule has 2 heteroatoms. The van der Waals surface area contributed by atoms with Gasteiger partial charge in [0.2, 0.25) is 0 Å². The molecule has 0 bridgehead atoms. The highest BCUT2D eigenvalue weighted by Crippen LogP contribution is 2.60. The van der Waals surface area contributed by atoms with Crippen molar-refractivity contribution >= 4 is 60.5 Å². The highest BCUT2D eigenvalue weighted by molar-refractivity contribution is 6.22. The Hall–Kier alpha value is -7.68. The summed E-state index contributed by atoms with van der Waals surface area (Å²) < 4.78 is 6.81. The molecule has 59 heavy (non-hydrogen) atoms. The SMILES string of the molecule is c1ccc(C2(c3ccccc3)c3ccccc3-c3c(N(c4ccc(-c5ccc6ccccc6c5)cc4)c4cc5ccccc5c5oc6ccccc6c45)cccc32)cc1. The molecule has 1 aromatic heterocycles. The van der Waals surface area contributed by atoms with Crippen LogP contribution >= 0.6 is 0 Å². The lowest BCUT2D eigenvalue weighted by atomic mass is 9.68. The Bertz CT molecular complexity index is 3340. The van der Waals surface area contributed by atoms with E-state index in [-0.39, 0.29) is 0 Å². The van der Waals surface area contributed by atoms with Crippen LogP contribution in [0, 0.1) is 0 Å². The number of hydrogen-bond donors (Lipinski definition) is 0. The first-order chi connectivity index (χ1) is 29.3. The molecule has 276 valence electrons. The lowest BCUT2D eigenvalue weighted by Crippen LogP contribution is -2.28. The quantitative estimate of drug-likeness (QED) is 0.168. The molecule has 10 aromatic carbocycles. The first-order valence-electron chi connectivity index (χ1n) is 20.3. The van der Waals surface area contributed by atoms with Crippen LogP contribution in [-0.2, 0) is 5.41 Å². The van der Waals surface area contributed by atoms with E-state index < -0.39 is 5.41 Å². The molecule has 0 aliphatic heterocycles. The second-order valence-electron chi connectivity index (χ2n) is 15.6. The van der Waals surface area contributed by atoms with Crippen molar-refractivity contribution in [2.24, 2.45) is 0 Å². The van der Waals surface area contributed by atoms with Crippen molar-refractivity contribution in [2.45, 2.75) is 5.41 Å². The van der Waals surface area contributed by atoms with Crippen molar-refractivity contribution in [3.05, 3.63) is 247 Å². The van der Waals surface area contributed by atoms with Crippen molar-refractivity contribution in [2.75, 3.05) is 4.90 Å². The molecule has 2 nitrogen and oxygen atoms in total. The molecule has 0 N–H and O–H groups in total. The molecule has 11 aromatic rings. The summed E-state index contributed by atoms with van der Waals surface area (Å²) in [5.74, 6) is 0. The minimum Gasteiger partial charge on any atom is -0.455 e. The number of fused-ring (bicyclic) bond motifs is 9. The Kier molecular flexibility index (Phi) is 7.48. The molecular formula is C57H37NO. The van der Waals surface area contributed by atoms with Gasteiger partial charge in [0.25, 0.3) is 0 Å². The van der Waals surface area contributed by atoms with Gasteiger partial charge in [-0.1, -0.05) is 188 Å². The van der Waals surface area contributed by atoms with E-state index in [1.165, 1.54) is 55.3 Å². The highest BCUT2D eigenvalue weighted by atomic mass is 16.3. The average Bonchev–Trinajstić information content (AvgIpc) is 3.85. The fourth-order valence-corrected chi connectivity index (χ4v) is 9.95. The lowest BCUT2D eigenvalue weighted by Gasteiger charge is -2.34. The van der Waals surface area contributed by atoms with E-state index in [9.17, 15) is 0 Å². The Morgan fingerprint density at radius 1 is 0.390 bits per heavy atom. The zero-order valence-electron chi connectivity index (χ0n) is 32.2. The molecule has 0 saturated heterocycles. The van der Waals surface area contributed by atoms with Crippen LogP contribution in [-0.4, -0.2) is 0 Å². The fraction of sp³-hybridized carbons (Fsp3) is 0.0175. The van der Waals surface area contributed by atoms with E-state index in [2.05, 4.69) is 229 Å². The third kappa shape index (κ3) is 5.00. The van der Waals surface area contributed by atoms with E-state index in [4.69, 9.17) is 4.42 Å². The van der Waals surface area contributed by atoms with E-state index >= 15 is 0 Å². The average molecular weight is 752 g/mol. The van der Waals surface area contributed by atoms with Gasteiger partial charge in [0, 0.05) is 22.0 Å². The summed E-state index contributed by atoms with van der Waals surface area (Å²) in [4.78, 5) is 2.49. The molecule has 0 amide bonds. The summed E-state index contributed by atoms with van der Waals surface area (Å²) in [6.45, 7) is 0. The Morgan fingerprint density at radius 3 is 1.78 bits per heavy atom.